The first kappa shape index (κ1) is 10.0. The fourth-order valence-electron chi connectivity index (χ4n) is 0.554. The molecule has 0 aromatic heterocycles. The van der Waals surface area contributed by atoms with Crippen LogP contribution in [0.4, 0.5) is 0 Å². The standard InChI is InChI=1S/C8H14O3/c1-4-8(10-5-2)6-11-7(3)9/h6H,4-5H2,1-3H3. The van der Waals surface area contributed by atoms with Gasteiger partial charge in [-0.25, -0.2) is 0 Å². The number of carbonyl (C=O) groups is 1. The largest absolute Gasteiger partial charge is 0.495 e. The summed E-state index contributed by atoms with van der Waals surface area (Å²) in [6.07, 6.45) is 2.09. The second kappa shape index (κ2) is 5.77. The van der Waals surface area contributed by atoms with E-state index in [2.05, 4.69) is 4.74 Å². The Hall–Kier alpha value is -0.990. The minimum Gasteiger partial charge on any atom is -0.495 e. The van der Waals surface area contributed by atoms with Crippen molar-refractivity contribution in [2.75, 3.05) is 6.61 Å². The topological polar surface area (TPSA) is 35.5 Å². The average molecular weight is 158 g/mol. The van der Waals surface area contributed by atoms with E-state index in [-0.39, 0.29) is 5.97 Å². The van der Waals surface area contributed by atoms with E-state index in [1.807, 2.05) is 13.8 Å². The third-order valence-electron chi connectivity index (χ3n) is 1.03. The predicted octanol–water partition coefficient (Wildman–Crippen LogP) is 1.84. The van der Waals surface area contributed by atoms with Gasteiger partial charge in [0, 0.05) is 13.3 Å². The maximum atomic E-state index is 10.3. The lowest BCUT2D eigenvalue weighted by Gasteiger charge is -2.04. The van der Waals surface area contributed by atoms with Gasteiger partial charge in [0.15, 0.2) is 0 Å². The van der Waals surface area contributed by atoms with Crippen molar-refractivity contribution >= 4 is 5.97 Å². The number of esters is 1. The summed E-state index contributed by atoms with van der Waals surface area (Å²) in [5, 5.41) is 0. The summed E-state index contributed by atoms with van der Waals surface area (Å²) in [7, 11) is 0. The molecule has 3 nitrogen and oxygen atoms in total. The lowest BCUT2D eigenvalue weighted by molar-refractivity contribution is -0.135. The van der Waals surface area contributed by atoms with Crippen molar-refractivity contribution in [1.29, 1.82) is 0 Å². The second-order valence-corrected chi connectivity index (χ2v) is 1.98. The van der Waals surface area contributed by atoms with E-state index in [9.17, 15) is 4.79 Å². The second-order valence-electron chi connectivity index (χ2n) is 1.98. The molecule has 0 aliphatic heterocycles. The van der Waals surface area contributed by atoms with Crippen molar-refractivity contribution in [2.45, 2.75) is 27.2 Å². The van der Waals surface area contributed by atoms with Crippen molar-refractivity contribution in [3.8, 4) is 0 Å². The summed E-state index contributed by atoms with van der Waals surface area (Å²) in [6.45, 7) is 5.78. The van der Waals surface area contributed by atoms with E-state index >= 15 is 0 Å². The molecule has 3 heteroatoms. The first-order valence-electron chi connectivity index (χ1n) is 3.69. The molecule has 64 valence electrons. The Bertz CT molecular complexity index is 149. The molecule has 0 bridgehead atoms. The van der Waals surface area contributed by atoms with Crippen LogP contribution in [0.2, 0.25) is 0 Å². The van der Waals surface area contributed by atoms with Crippen LogP contribution in [0.25, 0.3) is 0 Å². The fourth-order valence-corrected chi connectivity index (χ4v) is 0.554. The Morgan fingerprint density at radius 2 is 2.09 bits per heavy atom. The van der Waals surface area contributed by atoms with Gasteiger partial charge in [-0.15, -0.1) is 0 Å². The quantitative estimate of drug-likeness (QED) is 0.462. The minimum atomic E-state index is -0.323. The molecule has 0 saturated carbocycles. The normalized spacial score (nSPS) is 11.0. The van der Waals surface area contributed by atoms with Crippen LogP contribution in [0.15, 0.2) is 12.0 Å². The number of rotatable bonds is 4. The maximum Gasteiger partial charge on any atom is 0.307 e. The van der Waals surface area contributed by atoms with Gasteiger partial charge in [-0.1, -0.05) is 6.92 Å². The van der Waals surface area contributed by atoms with Crippen molar-refractivity contribution in [2.24, 2.45) is 0 Å². The van der Waals surface area contributed by atoms with Gasteiger partial charge >= 0.3 is 5.97 Å². The predicted molar refractivity (Wildman–Crippen MR) is 41.8 cm³/mol. The molecule has 0 atom stereocenters. The zero-order valence-electron chi connectivity index (χ0n) is 7.22. The molecular formula is C8H14O3. The molecule has 0 N–H and O–H groups in total. The van der Waals surface area contributed by atoms with Crippen molar-refractivity contribution in [3.05, 3.63) is 12.0 Å². The van der Waals surface area contributed by atoms with Gasteiger partial charge in [-0.05, 0) is 6.92 Å². The molecule has 0 amide bonds. The Balaban J connectivity index is 3.80. The van der Waals surface area contributed by atoms with E-state index in [4.69, 9.17) is 4.74 Å². The van der Waals surface area contributed by atoms with E-state index in [0.717, 1.165) is 6.42 Å². The van der Waals surface area contributed by atoms with Crippen LogP contribution >= 0.6 is 0 Å². The molecule has 0 unspecified atom stereocenters. The van der Waals surface area contributed by atoms with Crippen molar-refractivity contribution in [3.63, 3.8) is 0 Å². The van der Waals surface area contributed by atoms with Crippen LogP contribution in [0, 0.1) is 0 Å². The van der Waals surface area contributed by atoms with Gasteiger partial charge in [0.25, 0.3) is 0 Å². The highest BCUT2D eigenvalue weighted by molar-refractivity contribution is 5.66. The summed E-state index contributed by atoms with van der Waals surface area (Å²) in [4.78, 5) is 10.3. The lowest BCUT2D eigenvalue weighted by Crippen LogP contribution is -1.95. The highest BCUT2D eigenvalue weighted by Gasteiger charge is 1.94. The van der Waals surface area contributed by atoms with Gasteiger partial charge in [-0.2, -0.15) is 0 Å². The number of hydrogen-bond acceptors (Lipinski definition) is 3. The van der Waals surface area contributed by atoms with Gasteiger partial charge in [0.2, 0.25) is 0 Å². The molecule has 0 radical (unpaired) electrons. The molecule has 0 fully saturated rings. The van der Waals surface area contributed by atoms with Crippen LogP contribution < -0.4 is 0 Å². The molecule has 0 heterocycles. The number of ether oxygens (including phenoxy) is 2. The summed E-state index contributed by atoms with van der Waals surface area (Å²) in [5.74, 6) is 0.373. The van der Waals surface area contributed by atoms with Crippen LogP contribution in [0.5, 0.6) is 0 Å². The van der Waals surface area contributed by atoms with Gasteiger partial charge in [0.1, 0.15) is 12.0 Å². The molecule has 0 aliphatic rings. The van der Waals surface area contributed by atoms with Crippen molar-refractivity contribution < 1.29 is 14.3 Å². The van der Waals surface area contributed by atoms with E-state index < -0.39 is 0 Å². The number of hydrogen-bond donors (Lipinski definition) is 0. The SMILES string of the molecule is CCOC(=COC(C)=O)CC. The minimum absolute atomic E-state index is 0.323. The summed E-state index contributed by atoms with van der Waals surface area (Å²) in [5.41, 5.74) is 0. The lowest BCUT2D eigenvalue weighted by atomic mass is 10.4. The van der Waals surface area contributed by atoms with Crippen LogP contribution in [0.1, 0.15) is 27.2 Å². The molecule has 0 rings (SSSR count). The highest BCUT2D eigenvalue weighted by atomic mass is 16.5. The van der Waals surface area contributed by atoms with Crippen LogP contribution in [-0.2, 0) is 14.3 Å². The van der Waals surface area contributed by atoms with Crippen LogP contribution in [-0.4, -0.2) is 12.6 Å². The third kappa shape index (κ3) is 5.45. The number of carbonyl (C=O) groups excluding carboxylic acids is 1. The van der Waals surface area contributed by atoms with Gasteiger partial charge in [0.05, 0.1) is 6.61 Å². The first-order chi connectivity index (χ1) is 5.20. The molecule has 0 spiro atoms. The third-order valence-corrected chi connectivity index (χ3v) is 1.03. The monoisotopic (exact) mass is 158 g/mol. The average Bonchev–Trinajstić information content (AvgIpc) is 1.97. The molecule has 0 aliphatic carbocycles. The van der Waals surface area contributed by atoms with E-state index in [0.29, 0.717) is 12.4 Å². The zero-order chi connectivity index (χ0) is 8.69. The Morgan fingerprint density at radius 1 is 1.45 bits per heavy atom. The van der Waals surface area contributed by atoms with Crippen LogP contribution in [0.3, 0.4) is 0 Å². The molecule has 11 heavy (non-hydrogen) atoms. The molecule has 0 aromatic carbocycles. The molecule has 0 saturated heterocycles. The summed E-state index contributed by atoms with van der Waals surface area (Å²) >= 11 is 0. The van der Waals surface area contributed by atoms with E-state index in [1.54, 1.807) is 0 Å². The number of allylic oxidation sites excluding steroid dienone is 1. The fraction of sp³-hybridized carbons (Fsp3) is 0.625. The summed E-state index contributed by atoms with van der Waals surface area (Å²) < 4.78 is 9.75. The van der Waals surface area contributed by atoms with Crippen molar-refractivity contribution in [1.82, 2.24) is 0 Å². The highest BCUT2D eigenvalue weighted by Crippen LogP contribution is 2.02. The summed E-state index contributed by atoms with van der Waals surface area (Å²) in [6, 6.07) is 0. The smallest absolute Gasteiger partial charge is 0.307 e. The van der Waals surface area contributed by atoms with Gasteiger partial charge < -0.3 is 9.47 Å². The molecule has 0 aromatic rings. The Labute approximate surface area is 67.0 Å². The van der Waals surface area contributed by atoms with E-state index in [1.165, 1.54) is 13.2 Å². The Morgan fingerprint density at radius 3 is 2.45 bits per heavy atom. The zero-order valence-corrected chi connectivity index (χ0v) is 7.22. The maximum absolute atomic E-state index is 10.3. The first-order valence-corrected chi connectivity index (χ1v) is 3.69. The van der Waals surface area contributed by atoms with Gasteiger partial charge in [-0.3, -0.25) is 4.79 Å². The Kier molecular flexibility index (Phi) is 5.25. The molecular weight excluding hydrogens is 144 g/mol.